The van der Waals surface area contributed by atoms with Crippen molar-refractivity contribution in [3.8, 4) is 5.75 Å². The van der Waals surface area contributed by atoms with E-state index in [1.54, 1.807) is 0 Å². The predicted molar refractivity (Wildman–Crippen MR) is 107 cm³/mol. The lowest BCUT2D eigenvalue weighted by Crippen LogP contribution is -2.26. The number of Topliss-reactive ketones (excluding diaryl/α,β-unsaturated/α-hetero) is 1. The molecule has 0 saturated carbocycles. The number of ketones is 1. The number of hydrogen-bond acceptors (Lipinski definition) is 5. The Hall–Kier alpha value is -1.85. The number of rotatable bonds is 7. The third-order valence-electron chi connectivity index (χ3n) is 4.62. The Kier molecular flexibility index (Phi) is 8.32. The van der Waals surface area contributed by atoms with Crippen molar-refractivity contribution in [3.63, 3.8) is 0 Å². The maximum absolute atomic E-state index is 11.4. The lowest BCUT2D eigenvalue weighted by atomic mass is 10.0. The van der Waals surface area contributed by atoms with Gasteiger partial charge in [-0.1, -0.05) is 50.6 Å². The molecule has 2 aromatic rings. The zero-order valence-corrected chi connectivity index (χ0v) is 16.7. The van der Waals surface area contributed by atoms with Gasteiger partial charge in [-0.2, -0.15) is 0 Å². The average Bonchev–Trinajstić information content (AvgIpc) is 2.57. The molecule has 27 heavy (non-hydrogen) atoms. The molecule has 1 atom stereocenters. The molecule has 0 amide bonds. The first kappa shape index (κ1) is 21.5. The minimum atomic E-state index is -0.847. The summed E-state index contributed by atoms with van der Waals surface area (Å²) in [7, 11) is 0. The average molecular weight is 395 g/mol. The van der Waals surface area contributed by atoms with Crippen LogP contribution in [0, 0.1) is 0 Å². The second kappa shape index (κ2) is 10.5. The van der Waals surface area contributed by atoms with Gasteiger partial charge in [0, 0.05) is 11.6 Å². The predicted octanol–water partition coefficient (Wildman–Crippen LogP) is 5.49. The highest BCUT2D eigenvalue weighted by Gasteiger charge is 2.18. The van der Waals surface area contributed by atoms with Gasteiger partial charge in [-0.25, -0.2) is 4.79 Å². The van der Waals surface area contributed by atoms with E-state index in [4.69, 9.17) is 20.8 Å². The second-order valence-electron chi connectivity index (χ2n) is 6.79. The van der Waals surface area contributed by atoms with Crippen LogP contribution < -0.4 is 5.63 Å². The summed E-state index contributed by atoms with van der Waals surface area (Å²) in [6.45, 7) is 4.46. The van der Waals surface area contributed by atoms with Gasteiger partial charge in [-0.3, -0.25) is 4.79 Å². The van der Waals surface area contributed by atoms with Gasteiger partial charge < -0.3 is 14.3 Å². The van der Waals surface area contributed by atoms with Crippen LogP contribution >= 0.6 is 11.6 Å². The molecule has 0 aliphatic carbocycles. The summed E-state index contributed by atoms with van der Waals surface area (Å²) < 4.78 is 10.2. The summed E-state index contributed by atoms with van der Waals surface area (Å²) in [5, 5.41) is 10.4. The molecule has 1 aromatic carbocycles. The zero-order chi connectivity index (χ0) is 19.8. The van der Waals surface area contributed by atoms with Crippen molar-refractivity contribution in [2.24, 2.45) is 0 Å². The van der Waals surface area contributed by atoms with E-state index in [2.05, 4.69) is 6.92 Å². The highest BCUT2D eigenvalue weighted by molar-refractivity contribution is 6.31. The van der Waals surface area contributed by atoms with Crippen molar-refractivity contribution in [2.75, 3.05) is 6.61 Å². The molecule has 0 radical (unpaired) electrons. The first-order valence-corrected chi connectivity index (χ1v) is 9.89. The van der Waals surface area contributed by atoms with E-state index in [9.17, 15) is 14.7 Å². The third-order valence-corrected chi connectivity index (χ3v) is 4.85. The van der Waals surface area contributed by atoms with Crippen LogP contribution in [0.1, 0.15) is 69.2 Å². The fraction of sp³-hybridized carbons (Fsp3) is 0.524. The van der Waals surface area contributed by atoms with Crippen LogP contribution in [0.3, 0.4) is 0 Å². The van der Waals surface area contributed by atoms with E-state index in [0.29, 0.717) is 11.1 Å². The number of unbranched alkanes of at least 4 members (excludes halogenated alkanes) is 4. The Morgan fingerprint density at radius 1 is 1.26 bits per heavy atom. The van der Waals surface area contributed by atoms with Crippen molar-refractivity contribution < 1.29 is 19.1 Å². The van der Waals surface area contributed by atoms with Gasteiger partial charge in [-0.15, -0.1) is 0 Å². The van der Waals surface area contributed by atoms with Crippen molar-refractivity contribution in [2.45, 2.75) is 64.9 Å². The van der Waals surface area contributed by atoms with Gasteiger partial charge in [0.1, 0.15) is 16.9 Å². The van der Waals surface area contributed by atoms with E-state index in [1.165, 1.54) is 70.1 Å². The SMILES string of the molecule is CC(=O)c1c(O)c2cc(Cl)ccc2oc1=O.CCCCCCCC1CCO1. The number of halogens is 1. The number of aromatic hydroxyl groups is 1. The summed E-state index contributed by atoms with van der Waals surface area (Å²) in [5.74, 6) is -0.936. The molecule has 6 heteroatoms. The summed E-state index contributed by atoms with van der Waals surface area (Å²) in [6, 6.07) is 4.42. The second-order valence-corrected chi connectivity index (χ2v) is 7.23. The van der Waals surface area contributed by atoms with Crippen molar-refractivity contribution >= 4 is 28.4 Å². The van der Waals surface area contributed by atoms with Gasteiger partial charge in [0.25, 0.3) is 0 Å². The standard InChI is InChI=1S/C11H7ClO4.C10H20O/c1-5(13)9-10(14)7-4-6(12)2-3-8(7)16-11(9)15;1-2-3-4-5-6-7-10-8-9-11-10/h2-4,14H,1H3;10H,2-9H2,1H3. The molecule has 1 N–H and O–H groups in total. The molecule has 1 aromatic heterocycles. The fourth-order valence-electron chi connectivity index (χ4n) is 2.96. The third kappa shape index (κ3) is 6.08. The number of carbonyl (C=O) groups excluding carboxylic acids is 1. The summed E-state index contributed by atoms with van der Waals surface area (Å²) in [5.41, 5.74) is -1.01. The molecule has 2 heterocycles. The largest absolute Gasteiger partial charge is 0.506 e. The highest BCUT2D eigenvalue weighted by Crippen LogP contribution is 2.28. The molecule has 3 rings (SSSR count). The van der Waals surface area contributed by atoms with Crippen LogP contribution in [0.25, 0.3) is 11.0 Å². The number of benzene rings is 1. The zero-order valence-electron chi connectivity index (χ0n) is 15.9. The lowest BCUT2D eigenvalue weighted by Gasteiger charge is -2.26. The minimum Gasteiger partial charge on any atom is -0.506 e. The van der Waals surface area contributed by atoms with Gasteiger partial charge in [0.05, 0.1) is 11.5 Å². The summed E-state index contributed by atoms with van der Waals surface area (Å²) in [6.07, 6.45) is 10.2. The Morgan fingerprint density at radius 2 is 1.96 bits per heavy atom. The molecular weight excluding hydrogens is 368 g/mol. The normalized spacial score (nSPS) is 15.7. The monoisotopic (exact) mass is 394 g/mol. The van der Waals surface area contributed by atoms with Crippen LogP contribution in [0.15, 0.2) is 27.4 Å². The van der Waals surface area contributed by atoms with Crippen LogP contribution in [0.5, 0.6) is 5.75 Å². The van der Waals surface area contributed by atoms with Crippen LogP contribution in [-0.2, 0) is 4.74 Å². The first-order chi connectivity index (χ1) is 12.9. The van der Waals surface area contributed by atoms with Crippen LogP contribution in [0.4, 0.5) is 0 Å². The van der Waals surface area contributed by atoms with Crippen LogP contribution in [0.2, 0.25) is 5.02 Å². The number of hydrogen-bond donors (Lipinski definition) is 1. The fourth-order valence-corrected chi connectivity index (χ4v) is 3.13. The van der Waals surface area contributed by atoms with Gasteiger partial charge in [0.15, 0.2) is 5.78 Å². The van der Waals surface area contributed by atoms with E-state index in [-0.39, 0.29) is 22.3 Å². The van der Waals surface area contributed by atoms with Crippen molar-refractivity contribution in [1.29, 1.82) is 0 Å². The molecule has 1 aliphatic heterocycles. The van der Waals surface area contributed by atoms with E-state index >= 15 is 0 Å². The molecular formula is C21H27ClO5. The minimum absolute atomic E-state index is 0.192. The smallest absolute Gasteiger partial charge is 0.351 e. The summed E-state index contributed by atoms with van der Waals surface area (Å²) in [4.78, 5) is 22.6. The number of ether oxygens (including phenoxy) is 1. The Bertz CT molecular complexity index is 823. The van der Waals surface area contributed by atoms with Crippen LogP contribution in [-0.4, -0.2) is 23.6 Å². The Balaban J connectivity index is 0.000000208. The molecule has 1 saturated heterocycles. The lowest BCUT2D eigenvalue weighted by molar-refractivity contribution is -0.0555. The van der Waals surface area contributed by atoms with Gasteiger partial charge in [0.2, 0.25) is 0 Å². The Morgan fingerprint density at radius 3 is 2.56 bits per heavy atom. The molecule has 1 aliphatic rings. The molecule has 5 nitrogen and oxygen atoms in total. The number of fused-ring (bicyclic) bond motifs is 1. The first-order valence-electron chi connectivity index (χ1n) is 9.52. The quantitative estimate of drug-likeness (QED) is 0.381. The van der Waals surface area contributed by atoms with Crippen molar-refractivity contribution in [1.82, 2.24) is 0 Å². The van der Waals surface area contributed by atoms with E-state index in [0.717, 1.165) is 6.61 Å². The van der Waals surface area contributed by atoms with Gasteiger partial charge >= 0.3 is 5.63 Å². The molecule has 1 fully saturated rings. The van der Waals surface area contributed by atoms with Gasteiger partial charge in [-0.05, 0) is 38.0 Å². The molecule has 0 bridgehead atoms. The maximum Gasteiger partial charge on any atom is 0.351 e. The molecule has 0 spiro atoms. The topological polar surface area (TPSA) is 76.7 Å². The molecule has 1 unspecified atom stereocenters. The number of carbonyl (C=O) groups is 1. The summed E-state index contributed by atoms with van der Waals surface area (Å²) >= 11 is 5.75. The highest BCUT2D eigenvalue weighted by atomic mass is 35.5. The van der Waals surface area contributed by atoms with E-state index < -0.39 is 11.4 Å². The Labute approximate surface area is 164 Å². The maximum atomic E-state index is 11.4. The van der Waals surface area contributed by atoms with Crippen molar-refractivity contribution in [3.05, 3.63) is 39.2 Å². The van der Waals surface area contributed by atoms with E-state index in [1.807, 2.05) is 0 Å². The molecule has 148 valence electrons.